The molecule has 0 aliphatic heterocycles. The van der Waals surface area contributed by atoms with E-state index in [2.05, 4.69) is 6.07 Å². The van der Waals surface area contributed by atoms with E-state index in [1.54, 1.807) is 18.2 Å². The van der Waals surface area contributed by atoms with E-state index in [9.17, 15) is 15.4 Å². The summed E-state index contributed by atoms with van der Waals surface area (Å²) >= 11 is 12.3. The minimum absolute atomic E-state index is 0.169. The van der Waals surface area contributed by atoms with Crippen LogP contribution in [0, 0.1) is 21.4 Å². The smallest absolute Gasteiger partial charge is 0.258 e. The third-order valence-electron chi connectivity index (χ3n) is 3.14. The number of nitriles is 1. The van der Waals surface area contributed by atoms with Crippen LogP contribution >= 0.6 is 23.2 Å². The maximum absolute atomic E-state index is 10.8. The zero-order valence-electron chi connectivity index (χ0n) is 12.4. The van der Waals surface area contributed by atoms with E-state index < -0.39 is 4.92 Å². The molecule has 2 aromatic carbocycles. The zero-order valence-corrected chi connectivity index (χ0v) is 13.9. The lowest BCUT2D eigenvalue weighted by Gasteiger charge is -2.09. The molecule has 0 aromatic heterocycles. The number of allylic oxidation sites excluding steroid dienone is 1. The molecule has 0 radical (unpaired) electrons. The summed E-state index contributed by atoms with van der Waals surface area (Å²) in [4.78, 5) is 10.3. The Bertz CT molecular complexity index is 840. The number of hydrogen-bond acceptors (Lipinski definition) is 3. The van der Waals surface area contributed by atoms with Crippen molar-refractivity contribution in [2.45, 2.75) is 13.8 Å². The summed E-state index contributed by atoms with van der Waals surface area (Å²) in [5.74, 6) is 0. The van der Waals surface area contributed by atoms with E-state index in [1.807, 2.05) is 19.9 Å². The lowest BCUT2D eigenvalue weighted by Crippen LogP contribution is -1.91. The van der Waals surface area contributed by atoms with Crippen molar-refractivity contribution < 1.29 is 4.92 Å². The van der Waals surface area contributed by atoms with Gasteiger partial charge in [0.05, 0.1) is 26.6 Å². The number of nitrogens with zero attached hydrogens (tertiary/aromatic N) is 2. The molecular formula is C17H12Cl2N2O2. The van der Waals surface area contributed by atoms with Crippen molar-refractivity contribution in [2.24, 2.45) is 0 Å². The first kappa shape index (κ1) is 17.0. The van der Waals surface area contributed by atoms with Gasteiger partial charge in [-0.25, -0.2) is 0 Å². The van der Waals surface area contributed by atoms with Crippen LogP contribution in [0.25, 0.3) is 17.2 Å². The van der Waals surface area contributed by atoms with Crippen molar-refractivity contribution >= 4 is 35.0 Å². The summed E-state index contributed by atoms with van der Waals surface area (Å²) in [5.41, 5.74) is 3.28. The SMILES string of the molecule is CC(C)=Cc1ccc(-c2c(Cl)cc([N+](=O)[O-])cc2Cl)cc1C#N. The minimum Gasteiger partial charge on any atom is -0.258 e. The summed E-state index contributed by atoms with van der Waals surface area (Å²) in [7, 11) is 0. The van der Waals surface area contributed by atoms with Crippen molar-refractivity contribution in [3.63, 3.8) is 0 Å². The topological polar surface area (TPSA) is 66.9 Å². The minimum atomic E-state index is -0.555. The van der Waals surface area contributed by atoms with Gasteiger partial charge in [-0.2, -0.15) is 5.26 Å². The highest BCUT2D eigenvalue weighted by atomic mass is 35.5. The van der Waals surface area contributed by atoms with Gasteiger partial charge in [0.15, 0.2) is 0 Å². The Balaban J connectivity index is 2.62. The molecule has 116 valence electrons. The summed E-state index contributed by atoms with van der Waals surface area (Å²) in [5, 5.41) is 20.5. The Hall–Kier alpha value is -2.35. The standard InChI is InChI=1S/C17H12Cl2N2O2/c1-10(2)5-11-3-4-12(6-13(11)9-20)17-15(18)7-14(21(22)23)8-16(17)19/h3-8H,1-2H3. The van der Waals surface area contributed by atoms with Crippen LogP contribution in [0.2, 0.25) is 10.0 Å². The monoisotopic (exact) mass is 346 g/mol. The number of benzene rings is 2. The van der Waals surface area contributed by atoms with Gasteiger partial charge >= 0.3 is 0 Å². The fraction of sp³-hybridized carbons (Fsp3) is 0.118. The fourth-order valence-electron chi connectivity index (χ4n) is 2.19. The summed E-state index contributed by atoms with van der Waals surface area (Å²) in [6.45, 7) is 3.89. The van der Waals surface area contributed by atoms with Crippen molar-refractivity contribution in [2.75, 3.05) is 0 Å². The Kier molecular flexibility index (Phi) is 5.05. The Labute approximate surface area is 143 Å². The Morgan fingerprint density at radius 2 is 1.83 bits per heavy atom. The fourth-order valence-corrected chi connectivity index (χ4v) is 2.88. The summed E-state index contributed by atoms with van der Waals surface area (Å²) in [6, 6.07) is 9.90. The second kappa shape index (κ2) is 6.82. The normalized spacial score (nSPS) is 10.0. The molecule has 0 saturated carbocycles. The van der Waals surface area contributed by atoms with Crippen LogP contribution in [0.1, 0.15) is 25.0 Å². The number of rotatable bonds is 3. The van der Waals surface area contributed by atoms with Gasteiger partial charge in [-0.3, -0.25) is 10.1 Å². The summed E-state index contributed by atoms with van der Waals surface area (Å²) < 4.78 is 0. The highest BCUT2D eigenvalue weighted by Gasteiger charge is 2.16. The zero-order chi connectivity index (χ0) is 17.1. The molecular weight excluding hydrogens is 335 g/mol. The van der Waals surface area contributed by atoms with Crippen LogP contribution in [0.5, 0.6) is 0 Å². The average molecular weight is 347 g/mol. The quantitative estimate of drug-likeness (QED) is 0.515. The summed E-state index contributed by atoms with van der Waals surface area (Å²) in [6.07, 6.45) is 1.90. The van der Waals surface area contributed by atoms with Crippen LogP contribution in [-0.2, 0) is 0 Å². The van der Waals surface area contributed by atoms with Crippen molar-refractivity contribution in [3.8, 4) is 17.2 Å². The van der Waals surface area contributed by atoms with E-state index in [-0.39, 0.29) is 15.7 Å². The predicted molar refractivity (Wildman–Crippen MR) is 92.6 cm³/mol. The Morgan fingerprint density at radius 3 is 2.30 bits per heavy atom. The molecule has 0 unspecified atom stereocenters. The van der Waals surface area contributed by atoms with Crippen molar-refractivity contribution in [1.82, 2.24) is 0 Å². The van der Waals surface area contributed by atoms with Gasteiger partial charge in [0.2, 0.25) is 0 Å². The molecule has 4 nitrogen and oxygen atoms in total. The van der Waals surface area contributed by atoms with Crippen LogP contribution in [-0.4, -0.2) is 4.92 Å². The molecule has 0 bridgehead atoms. The predicted octanol–water partition coefficient (Wildman–Crippen LogP) is 5.86. The van der Waals surface area contributed by atoms with Gasteiger partial charge in [-0.05, 0) is 31.0 Å². The molecule has 0 heterocycles. The second-order valence-electron chi connectivity index (χ2n) is 5.18. The maximum Gasteiger partial charge on any atom is 0.272 e. The molecule has 0 aliphatic carbocycles. The average Bonchev–Trinajstić information content (AvgIpc) is 2.47. The molecule has 0 spiro atoms. The number of nitro benzene ring substituents is 1. The second-order valence-corrected chi connectivity index (χ2v) is 5.99. The number of halogens is 2. The van der Waals surface area contributed by atoms with E-state index in [0.29, 0.717) is 16.7 Å². The molecule has 0 atom stereocenters. The van der Waals surface area contributed by atoms with Crippen molar-refractivity contribution in [3.05, 3.63) is 67.2 Å². The molecule has 0 fully saturated rings. The van der Waals surface area contributed by atoms with Crippen LogP contribution in [0.3, 0.4) is 0 Å². The van der Waals surface area contributed by atoms with Gasteiger partial charge in [0.1, 0.15) is 0 Å². The number of non-ortho nitro benzene ring substituents is 1. The van der Waals surface area contributed by atoms with E-state index in [0.717, 1.165) is 11.1 Å². The molecule has 0 amide bonds. The van der Waals surface area contributed by atoms with Crippen molar-refractivity contribution in [1.29, 1.82) is 5.26 Å². The first-order valence-electron chi connectivity index (χ1n) is 6.66. The van der Waals surface area contributed by atoms with Gasteiger partial charge in [0.25, 0.3) is 5.69 Å². The highest BCUT2D eigenvalue weighted by molar-refractivity contribution is 6.39. The van der Waals surface area contributed by atoms with Gasteiger partial charge in [0, 0.05) is 17.7 Å². The van der Waals surface area contributed by atoms with Gasteiger partial charge in [-0.1, -0.05) is 47.0 Å². The maximum atomic E-state index is 10.8. The number of nitro groups is 1. The third-order valence-corrected chi connectivity index (χ3v) is 3.74. The molecule has 6 heteroatoms. The highest BCUT2D eigenvalue weighted by Crippen LogP contribution is 2.38. The molecule has 2 aromatic rings. The lowest BCUT2D eigenvalue weighted by atomic mass is 9.98. The molecule has 2 rings (SSSR count). The molecule has 0 aliphatic rings. The largest absolute Gasteiger partial charge is 0.272 e. The lowest BCUT2D eigenvalue weighted by molar-refractivity contribution is -0.384. The first-order valence-corrected chi connectivity index (χ1v) is 7.42. The van der Waals surface area contributed by atoms with Crippen LogP contribution < -0.4 is 0 Å². The Morgan fingerprint density at radius 1 is 1.22 bits per heavy atom. The van der Waals surface area contributed by atoms with Gasteiger partial charge in [-0.15, -0.1) is 0 Å². The van der Waals surface area contributed by atoms with Crippen LogP contribution in [0.4, 0.5) is 5.69 Å². The van der Waals surface area contributed by atoms with E-state index >= 15 is 0 Å². The molecule has 0 saturated heterocycles. The molecule has 0 N–H and O–H groups in total. The number of hydrogen-bond donors (Lipinski definition) is 0. The molecule has 23 heavy (non-hydrogen) atoms. The van der Waals surface area contributed by atoms with E-state index in [1.165, 1.54) is 12.1 Å². The third kappa shape index (κ3) is 3.70. The van der Waals surface area contributed by atoms with E-state index in [4.69, 9.17) is 23.2 Å². The van der Waals surface area contributed by atoms with Gasteiger partial charge < -0.3 is 0 Å². The first-order chi connectivity index (χ1) is 10.8. The van der Waals surface area contributed by atoms with Crippen LogP contribution in [0.15, 0.2) is 35.9 Å².